The average Bonchev–Trinajstić information content (AvgIpc) is 3.15. The van der Waals surface area contributed by atoms with E-state index in [1.807, 2.05) is 182 Å². The minimum absolute atomic E-state index is 0.214. The molecular weight excluding hydrogens is 600 g/mol. The second-order valence-corrected chi connectivity index (χ2v) is 10.5. The Balaban J connectivity index is 1.56. The third kappa shape index (κ3) is 7.25. The fourth-order valence-corrected chi connectivity index (χ4v) is 4.81. The van der Waals surface area contributed by atoms with Crippen molar-refractivity contribution < 1.29 is 28.4 Å². The lowest BCUT2D eigenvalue weighted by atomic mass is 10.2. The summed E-state index contributed by atoms with van der Waals surface area (Å²) in [7, 11) is 0. The van der Waals surface area contributed by atoms with Crippen molar-refractivity contribution in [2.75, 3.05) is 0 Å². The first kappa shape index (κ1) is 30.0. The van der Waals surface area contributed by atoms with Crippen molar-refractivity contribution in [3.8, 4) is 69.0 Å². The number of rotatable bonds is 12. The van der Waals surface area contributed by atoms with Crippen molar-refractivity contribution in [2.45, 2.75) is 0 Å². The molecule has 0 aliphatic rings. The zero-order valence-corrected chi connectivity index (χ0v) is 25.8. The van der Waals surface area contributed by atoms with E-state index in [1.165, 1.54) is 0 Å². The van der Waals surface area contributed by atoms with Crippen LogP contribution < -0.4 is 28.4 Å². The maximum Gasteiger partial charge on any atom is 0.220 e. The second kappa shape index (κ2) is 14.6. The third-order valence-electron chi connectivity index (χ3n) is 7.02. The summed E-state index contributed by atoms with van der Waals surface area (Å²) in [5.41, 5.74) is 0. The first-order chi connectivity index (χ1) is 23.8. The molecule has 0 heterocycles. The summed E-state index contributed by atoms with van der Waals surface area (Å²) in [6, 6.07) is 56.4. The SMILES string of the molecule is c1ccc(Oc2c(Oc3ccccc3)c(Oc3ccccc3)c(Oc3ccccc3)c(Oc3ccccc3)c2Oc2ccccc2)cc1. The summed E-state index contributed by atoms with van der Waals surface area (Å²) in [5, 5.41) is 0. The Kier molecular flexibility index (Phi) is 9.15. The van der Waals surface area contributed by atoms with Gasteiger partial charge in [0, 0.05) is 0 Å². The summed E-state index contributed by atoms with van der Waals surface area (Å²) in [5.74, 6) is 4.54. The van der Waals surface area contributed by atoms with Crippen LogP contribution in [0.5, 0.6) is 69.0 Å². The first-order valence-corrected chi connectivity index (χ1v) is 15.4. The summed E-state index contributed by atoms with van der Waals surface area (Å²) in [6.07, 6.45) is 0. The zero-order valence-electron chi connectivity index (χ0n) is 25.8. The van der Waals surface area contributed by atoms with Crippen molar-refractivity contribution in [1.82, 2.24) is 0 Å². The van der Waals surface area contributed by atoms with E-state index >= 15 is 0 Å². The Labute approximate surface area is 278 Å². The minimum Gasteiger partial charge on any atom is -0.449 e. The van der Waals surface area contributed by atoms with E-state index in [0.717, 1.165) is 0 Å². The first-order valence-electron chi connectivity index (χ1n) is 15.4. The van der Waals surface area contributed by atoms with Crippen molar-refractivity contribution in [3.05, 3.63) is 182 Å². The van der Waals surface area contributed by atoms with E-state index < -0.39 is 0 Å². The number of hydrogen-bond acceptors (Lipinski definition) is 6. The molecule has 48 heavy (non-hydrogen) atoms. The van der Waals surface area contributed by atoms with Gasteiger partial charge >= 0.3 is 0 Å². The molecule has 0 N–H and O–H groups in total. The van der Waals surface area contributed by atoms with Crippen LogP contribution in [-0.4, -0.2) is 0 Å². The number of ether oxygens (including phenoxy) is 6. The van der Waals surface area contributed by atoms with E-state index in [2.05, 4.69) is 0 Å². The van der Waals surface area contributed by atoms with Crippen LogP contribution in [0.3, 0.4) is 0 Å². The maximum absolute atomic E-state index is 6.68. The molecule has 0 unspecified atom stereocenters. The van der Waals surface area contributed by atoms with Crippen LogP contribution in [-0.2, 0) is 0 Å². The van der Waals surface area contributed by atoms with Crippen molar-refractivity contribution in [2.24, 2.45) is 0 Å². The molecule has 0 fully saturated rings. The Morgan fingerprint density at radius 3 is 0.417 bits per heavy atom. The quantitative estimate of drug-likeness (QED) is 0.134. The Bertz CT molecular complexity index is 1630. The maximum atomic E-state index is 6.68. The molecule has 0 bridgehead atoms. The number of para-hydroxylation sites is 6. The second-order valence-electron chi connectivity index (χ2n) is 10.5. The van der Waals surface area contributed by atoms with Crippen LogP contribution in [0.2, 0.25) is 0 Å². The van der Waals surface area contributed by atoms with Gasteiger partial charge in [-0.05, 0) is 72.8 Å². The lowest BCUT2D eigenvalue weighted by molar-refractivity contribution is 0.326. The van der Waals surface area contributed by atoms with E-state index in [1.54, 1.807) is 0 Å². The zero-order chi connectivity index (χ0) is 32.4. The van der Waals surface area contributed by atoms with Crippen LogP contribution >= 0.6 is 0 Å². The summed E-state index contributed by atoms with van der Waals surface area (Å²) in [4.78, 5) is 0. The Morgan fingerprint density at radius 2 is 0.292 bits per heavy atom. The highest BCUT2D eigenvalue weighted by atomic mass is 16.6. The highest BCUT2D eigenvalue weighted by Gasteiger charge is 2.34. The van der Waals surface area contributed by atoms with E-state index in [9.17, 15) is 0 Å². The van der Waals surface area contributed by atoms with Gasteiger partial charge in [-0.25, -0.2) is 0 Å². The molecule has 0 saturated heterocycles. The molecule has 7 aromatic carbocycles. The van der Waals surface area contributed by atoms with E-state index in [4.69, 9.17) is 28.4 Å². The van der Waals surface area contributed by atoms with Crippen LogP contribution in [0.4, 0.5) is 0 Å². The summed E-state index contributed by atoms with van der Waals surface area (Å²) < 4.78 is 40.1. The highest BCUT2D eigenvalue weighted by molar-refractivity contribution is 5.77. The molecule has 0 saturated carbocycles. The normalized spacial score (nSPS) is 10.5. The molecule has 0 aromatic heterocycles. The molecule has 7 aromatic rings. The average molecular weight is 631 g/mol. The fraction of sp³-hybridized carbons (Fsp3) is 0. The Hall–Kier alpha value is -6.66. The molecule has 0 amide bonds. The van der Waals surface area contributed by atoms with Gasteiger partial charge < -0.3 is 28.4 Å². The van der Waals surface area contributed by atoms with Gasteiger partial charge in [0.1, 0.15) is 34.5 Å². The molecule has 0 aliphatic heterocycles. The lowest BCUT2D eigenvalue weighted by Crippen LogP contribution is -2.03. The smallest absolute Gasteiger partial charge is 0.220 e. The van der Waals surface area contributed by atoms with Crippen LogP contribution in [0.15, 0.2) is 182 Å². The van der Waals surface area contributed by atoms with Gasteiger partial charge in [0.05, 0.1) is 0 Å². The standard InChI is InChI=1S/C42H30O6/c1-7-19-31(20-8-1)43-37-38(44-32-21-9-2-10-22-32)40(46-34-25-13-4-14-26-34)42(48-36-29-17-6-18-30-36)41(47-35-27-15-5-16-28-35)39(37)45-33-23-11-3-12-24-33/h1-30H. The van der Waals surface area contributed by atoms with Gasteiger partial charge in [0.25, 0.3) is 0 Å². The molecule has 234 valence electrons. The van der Waals surface area contributed by atoms with Crippen molar-refractivity contribution >= 4 is 0 Å². The minimum atomic E-state index is 0.214. The molecule has 0 spiro atoms. The van der Waals surface area contributed by atoms with Gasteiger partial charge in [-0.15, -0.1) is 0 Å². The topological polar surface area (TPSA) is 55.4 Å². The number of benzene rings is 7. The Morgan fingerprint density at radius 1 is 0.167 bits per heavy atom. The van der Waals surface area contributed by atoms with E-state index in [0.29, 0.717) is 34.5 Å². The van der Waals surface area contributed by atoms with Gasteiger partial charge in [-0.1, -0.05) is 109 Å². The van der Waals surface area contributed by atoms with Gasteiger partial charge in [0.15, 0.2) is 0 Å². The number of hydrogen-bond donors (Lipinski definition) is 0. The highest BCUT2D eigenvalue weighted by Crippen LogP contribution is 2.62. The lowest BCUT2D eigenvalue weighted by Gasteiger charge is -2.25. The van der Waals surface area contributed by atoms with Crippen LogP contribution in [0, 0.1) is 0 Å². The van der Waals surface area contributed by atoms with E-state index in [-0.39, 0.29) is 34.5 Å². The van der Waals surface area contributed by atoms with Gasteiger partial charge in [-0.3, -0.25) is 0 Å². The van der Waals surface area contributed by atoms with Crippen molar-refractivity contribution in [1.29, 1.82) is 0 Å². The molecule has 6 nitrogen and oxygen atoms in total. The molecular formula is C42H30O6. The molecule has 0 atom stereocenters. The molecule has 7 rings (SSSR count). The van der Waals surface area contributed by atoms with Gasteiger partial charge in [0.2, 0.25) is 34.5 Å². The van der Waals surface area contributed by atoms with Crippen LogP contribution in [0.25, 0.3) is 0 Å². The molecule has 6 heteroatoms. The summed E-state index contributed by atoms with van der Waals surface area (Å²) in [6.45, 7) is 0. The molecule has 0 radical (unpaired) electrons. The summed E-state index contributed by atoms with van der Waals surface area (Å²) >= 11 is 0. The van der Waals surface area contributed by atoms with Gasteiger partial charge in [-0.2, -0.15) is 0 Å². The third-order valence-corrected chi connectivity index (χ3v) is 7.02. The molecule has 0 aliphatic carbocycles. The fourth-order valence-electron chi connectivity index (χ4n) is 4.81. The predicted molar refractivity (Wildman–Crippen MR) is 186 cm³/mol. The van der Waals surface area contributed by atoms with Crippen molar-refractivity contribution in [3.63, 3.8) is 0 Å². The monoisotopic (exact) mass is 630 g/mol. The van der Waals surface area contributed by atoms with Crippen LogP contribution in [0.1, 0.15) is 0 Å². The largest absolute Gasteiger partial charge is 0.449 e. The predicted octanol–water partition coefficient (Wildman–Crippen LogP) is 12.4.